The molecule has 0 fully saturated rings. The van der Waals surface area contributed by atoms with E-state index in [-0.39, 0.29) is 23.9 Å². The Morgan fingerprint density at radius 1 is 0.741 bits per heavy atom. The van der Waals surface area contributed by atoms with Crippen molar-refractivity contribution in [2.24, 2.45) is 0 Å². The summed E-state index contributed by atoms with van der Waals surface area (Å²) in [5.74, 6) is 0.224. The molecule has 5 heteroatoms. The van der Waals surface area contributed by atoms with Crippen LogP contribution in [0.15, 0.2) is 25.3 Å². The molecule has 27 heavy (non-hydrogen) atoms. The van der Waals surface area contributed by atoms with Crippen LogP contribution in [0.4, 0.5) is 0 Å². The van der Waals surface area contributed by atoms with Gasteiger partial charge in [0, 0.05) is 38.0 Å². The first-order valence-corrected chi connectivity index (χ1v) is 10.5. The highest BCUT2D eigenvalue weighted by Gasteiger charge is 2.09. The van der Waals surface area contributed by atoms with Gasteiger partial charge in [0.15, 0.2) is 0 Å². The molecule has 0 aliphatic heterocycles. The maximum atomic E-state index is 11.9. The van der Waals surface area contributed by atoms with Crippen molar-refractivity contribution in [1.29, 1.82) is 0 Å². The number of allylic oxidation sites excluding steroid dienone is 2. The van der Waals surface area contributed by atoms with Gasteiger partial charge < -0.3 is 16.0 Å². The monoisotopic (exact) mass is 379 g/mol. The second-order valence-electron chi connectivity index (χ2n) is 7.37. The van der Waals surface area contributed by atoms with Crippen LogP contribution in [0.5, 0.6) is 0 Å². The molecule has 0 heterocycles. The maximum absolute atomic E-state index is 11.9. The van der Waals surface area contributed by atoms with Crippen LogP contribution in [0, 0.1) is 0 Å². The van der Waals surface area contributed by atoms with E-state index in [1.807, 2.05) is 26.0 Å². The van der Waals surface area contributed by atoms with Crippen molar-refractivity contribution in [2.45, 2.75) is 90.1 Å². The van der Waals surface area contributed by atoms with E-state index in [2.05, 4.69) is 29.1 Å². The van der Waals surface area contributed by atoms with Gasteiger partial charge in [0.05, 0.1) is 0 Å². The van der Waals surface area contributed by atoms with E-state index in [0.717, 1.165) is 51.4 Å². The van der Waals surface area contributed by atoms with Gasteiger partial charge >= 0.3 is 0 Å². The molecule has 2 unspecified atom stereocenters. The van der Waals surface area contributed by atoms with Crippen LogP contribution in [0.2, 0.25) is 0 Å². The zero-order valence-electron chi connectivity index (χ0n) is 17.5. The van der Waals surface area contributed by atoms with Crippen molar-refractivity contribution in [2.75, 3.05) is 13.1 Å². The Hall–Kier alpha value is -1.62. The molecule has 0 aromatic rings. The molecule has 0 saturated heterocycles. The summed E-state index contributed by atoms with van der Waals surface area (Å²) in [6, 6.07) is 0.164. The van der Waals surface area contributed by atoms with Crippen LogP contribution in [-0.2, 0) is 9.59 Å². The summed E-state index contributed by atoms with van der Waals surface area (Å²) in [6.07, 6.45) is 13.2. The fourth-order valence-corrected chi connectivity index (χ4v) is 2.81. The van der Waals surface area contributed by atoms with Crippen LogP contribution in [0.25, 0.3) is 0 Å². The van der Waals surface area contributed by atoms with Gasteiger partial charge in [0.2, 0.25) is 11.8 Å². The fraction of sp³-hybridized carbons (Fsp3) is 0.727. The third kappa shape index (κ3) is 17.5. The molecule has 0 aromatic carbocycles. The molecule has 0 spiro atoms. The molecule has 0 radical (unpaired) electrons. The Bertz CT molecular complexity index is 386. The first-order chi connectivity index (χ1) is 13.0. The van der Waals surface area contributed by atoms with Crippen molar-refractivity contribution < 1.29 is 9.59 Å². The lowest BCUT2D eigenvalue weighted by Gasteiger charge is -2.18. The predicted molar refractivity (Wildman–Crippen MR) is 115 cm³/mol. The number of hydrogen-bond acceptors (Lipinski definition) is 3. The lowest BCUT2D eigenvalue weighted by molar-refractivity contribution is -0.122. The number of nitrogens with one attached hydrogen (secondary N) is 3. The van der Waals surface area contributed by atoms with E-state index in [1.54, 1.807) is 0 Å². The molecule has 0 bridgehead atoms. The summed E-state index contributed by atoms with van der Waals surface area (Å²) >= 11 is 0. The van der Waals surface area contributed by atoms with Gasteiger partial charge in [-0.3, -0.25) is 9.59 Å². The first-order valence-electron chi connectivity index (χ1n) is 10.5. The lowest BCUT2D eigenvalue weighted by atomic mass is 10.1. The summed E-state index contributed by atoms with van der Waals surface area (Å²) in [5.41, 5.74) is 0. The average molecular weight is 380 g/mol. The molecule has 0 aliphatic rings. The minimum Gasteiger partial charge on any atom is -0.352 e. The van der Waals surface area contributed by atoms with Crippen LogP contribution < -0.4 is 16.0 Å². The molecule has 5 nitrogen and oxygen atoms in total. The summed E-state index contributed by atoms with van der Waals surface area (Å²) in [5, 5.41) is 9.34. The van der Waals surface area contributed by atoms with Gasteiger partial charge in [-0.2, -0.15) is 0 Å². The number of carbonyl (C=O) groups excluding carboxylic acids is 2. The predicted octanol–water partition coefficient (Wildman–Crippen LogP) is 3.86. The third-order valence-electron chi connectivity index (χ3n) is 4.34. The van der Waals surface area contributed by atoms with Gasteiger partial charge in [-0.05, 0) is 52.4 Å². The maximum Gasteiger partial charge on any atom is 0.220 e. The zero-order valence-corrected chi connectivity index (χ0v) is 17.5. The van der Waals surface area contributed by atoms with Crippen molar-refractivity contribution in [1.82, 2.24) is 16.0 Å². The summed E-state index contributed by atoms with van der Waals surface area (Å²) in [6.45, 7) is 12.8. The van der Waals surface area contributed by atoms with Crippen LogP contribution in [0.3, 0.4) is 0 Å². The number of rotatable bonds is 18. The average Bonchev–Trinajstić information content (AvgIpc) is 2.61. The Morgan fingerprint density at radius 2 is 1.15 bits per heavy atom. The van der Waals surface area contributed by atoms with E-state index >= 15 is 0 Å². The Labute approximate surface area is 166 Å². The summed E-state index contributed by atoms with van der Waals surface area (Å²) in [7, 11) is 0. The van der Waals surface area contributed by atoms with Crippen LogP contribution in [-0.4, -0.2) is 37.0 Å². The van der Waals surface area contributed by atoms with E-state index in [1.165, 1.54) is 0 Å². The summed E-state index contributed by atoms with van der Waals surface area (Å²) in [4.78, 5) is 23.7. The Balaban J connectivity index is 3.66. The van der Waals surface area contributed by atoms with Gasteiger partial charge in [-0.15, -0.1) is 13.2 Å². The van der Waals surface area contributed by atoms with E-state index in [0.29, 0.717) is 25.9 Å². The fourth-order valence-electron chi connectivity index (χ4n) is 2.81. The second-order valence-corrected chi connectivity index (χ2v) is 7.37. The Morgan fingerprint density at radius 3 is 1.52 bits per heavy atom. The van der Waals surface area contributed by atoms with Crippen molar-refractivity contribution in [3.8, 4) is 0 Å². The second kappa shape index (κ2) is 17.8. The number of unbranched alkanes of at least 4 members (excludes halogenated alkanes) is 6. The third-order valence-corrected chi connectivity index (χ3v) is 4.34. The Kier molecular flexibility index (Phi) is 16.7. The lowest BCUT2D eigenvalue weighted by Crippen LogP contribution is -2.45. The molecule has 0 saturated carbocycles. The van der Waals surface area contributed by atoms with Crippen LogP contribution >= 0.6 is 0 Å². The molecule has 0 aromatic heterocycles. The molecule has 0 rings (SSSR count). The van der Waals surface area contributed by atoms with E-state index in [4.69, 9.17) is 0 Å². The first kappa shape index (κ1) is 25.4. The normalized spacial score (nSPS) is 12.8. The van der Waals surface area contributed by atoms with E-state index < -0.39 is 0 Å². The smallest absolute Gasteiger partial charge is 0.220 e. The molecule has 156 valence electrons. The number of amides is 2. The highest BCUT2D eigenvalue weighted by Crippen LogP contribution is 2.04. The topological polar surface area (TPSA) is 70.2 Å². The minimum absolute atomic E-state index is 0.0819. The van der Waals surface area contributed by atoms with Gasteiger partial charge in [0.1, 0.15) is 0 Å². The number of carbonyl (C=O) groups is 2. The van der Waals surface area contributed by atoms with Crippen molar-refractivity contribution >= 4 is 11.8 Å². The molecular formula is C22H41N3O2. The largest absolute Gasteiger partial charge is 0.352 e. The minimum atomic E-state index is 0.0819. The van der Waals surface area contributed by atoms with Crippen molar-refractivity contribution in [3.63, 3.8) is 0 Å². The summed E-state index contributed by atoms with van der Waals surface area (Å²) < 4.78 is 0. The standard InChI is InChI=1S/C22H41N3O2/c1-5-7-9-11-13-15-21(26)24-19(3)17-23-18-20(4)25-22(27)16-14-12-10-8-6-2/h5-6,19-20,23H,1-2,7-18H2,3-4H3,(H,24,26)(H,25,27). The molecule has 3 N–H and O–H groups in total. The molecule has 2 amide bonds. The highest BCUT2D eigenvalue weighted by molar-refractivity contribution is 5.76. The van der Waals surface area contributed by atoms with Gasteiger partial charge in [-0.25, -0.2) is 0 Å². The van der Waals surface area contributed by atoms with E-state index in [9.17, 15) is 9.59 Å². The highest BCUT2D eigenvalue weighted by atomic mass is 16.2. The zero-order chi connectivity index (χ0) is 20.3. The van der Waals surface area contributed by atoms with Gasteiger partial charge in [-0.1, -0.05) is 25.0 Å². The number of hydrogen-bond donors (Lipinski definition) is 3. The van der Waals surface area contributed by atoms with Crippen LogP contribution in [0.1, 0.15) is 78.1 Å². The molecule has 2 atom stereocenters. The SMILES string of the molecule is C=CCCCCCC(=O)NC(C)CNCC(C)NC(=O)CCCCCC=C. The molecule has 0 aliphatic carbocycles. The quantitative estimate of drug-likeness (QED) is 0.250. The van der Waals surface area contributed by atoms with Gasteiger partial charge in [0.25, 0.3) is 0 Å². The molecular weight excluding hydrogens is 338 g/mol. The van der Waals surface area contributed by atoms with Crippen molar-refractivity contribution in [3.05, 3.63) is 25.3 Å².